The van der Waals surface area contributed by atoms with Crippen LogP contribution in [0.2, 0.25) is 5.15 Å². The molecule has 0 atom stereocenters. The summed E-state index contributed by atoms with van der Waals surface area (Å²) in [5.41, 5.74) is -0.559. The highest BCUT2D eigenvalue weighted by molar-refractivity contribution is 9.10. The Hall–Kier alpha value is -0.880. The standard InChI is InChI=1S/C9H11BrClN3O2/c1-9(2,3)16-8(15)14-5-4-12-6(10)7(11)13-5/h4H,1-3H3,(H,13,14,15). The zero-order valence-corrected chi connectivity index (χ0v) is 11.4. The van der Waals surface area contributed by atoms with Crippen LogP contribution in [-0.2, 0) is 4.74 Å². The summed E-state index contributed by atoms with van der Waals surface area (Å²) >= 11 is 8.81. The predicted octanol–water partition coefficient (Wildman–Crippen LogP) is 3.24. The molecular formula is C9H11BrClN3O2. The van der Waals surface area contributed by atoms with Crippen molar-refractivity contribution in [1.82, 2.24) is 9.97 Å². The fraction of sp³-hybridized carbons (Fsp3) is 0.444. The van der Waals surface area contributed by atoms with Gasteiger partial charge in [0.05, 0.1) is 6.20 Å². The number of hydrogen-bond acceptors (Lipinski definition) is 4. The summed E-state index contributed by atoms with van der Waals surface area (Å²) in [7, 11) is 0. The second-order valence-electron chi connectivity index (χ2n) is 3.96. The van der Waals surface area contributed by atoms with Gasteiger partial charge in [0, 0.05) is 0 Å². The number of amides is 1. The molecule has 16 heavy (non-hydrogen) atoms. The Morgan fingerprint density at radius 2 is 2.19 bits per heavy atom. The van der Waals surface area contributed by atoms with Gasteiger partial charge in [0.15, 0.2) is 11.0 Å². The first-order valence-corrected chi connectivity index (χ1v) is 5.63. The fourth-order valence-electron chi connectivity index (χ4n) is 0.820. The van der Waals surface area contributed by atoms with E-state index in [4.69, 9.17) is 16.3 Å². The van der Waals surface area contributed by atoms with E-state index in [1.54, 1.807) is 20.8 Å². The van der Waals surface area contributed by atoms with Gasteiger partial charge in [0.2, 0.25) is 0 Å². The van der Waals surface area contributed by atoms with E-state index in [1.165, 1.54) is 6.20 Å². The number of hydrogen-bond donors (Lipinski definition) is 1. The van der Waals surface area contributed by atoms with Crippen LogP contribution in [0.1, 0.15) is 20.8 Å². The lowest BCUT2D eigenvalue weighted by Gasteiger charge is -2.19. The molecule has 0 unspecified atom stereocenters. The molecule has 0 aliphatic rings. The van der Waals surface area contributed by atoms with Crippen molar-refractivity contribution < 1.29 is 9.53 Å². The molecular weight excluding hydrogens is 297 g/mol. The molecule has 1 aromatic heterocycles. The van der Waals surface area contributed by atoms with Gasteiger partial charge in [-0.05, 0) is 36.7 Å². The van der Waals surface area contributed by atoms with Crippen molar-refractivity contribution in [3.8, 4) is 0 Å². The van der Waals surface area contributed by atoms with Crippen molar-refractivity contribution >= 4 is 39.4 Å². The van der Waals surface area contributed by atoms with Crippen LogP contribution in [0.3, 0.4) is 0 Å². The number of carbonyl (C=O) groups is 1. The second-order valence-corrected chi connectivity index (χ2v) is 5.07. The van der Waals surface area contributed by atoms with E-state index in [0.29, 0.717) is 4.60 Å². The number of aromatic nitrogens is 2. The lowest BCUT2D eigenvalue weighted by Crippen LogP contribution is -2.27. The lowest BCUT2D eigenvalue weighted by molar-refractivity contribution is 0.0635. The molecule has 0 aliphatic heterocycles. The predicted molar refractivity (Wildman–Crippen MR) is 64.6 cm³/mol. The molecule has 5 nitrogen and oxygen atoms in total. The van der Waals surface area contributed by atoms with E-state index < -0.39 is 11.7 Å². The molecule has 7 heteroatoms. The third-order valence-electron chi connectivity index (χ3n) is 1.32. The number of nitrogens with zero attached hydrogens (tertiary/aromatic N) is 2. The normalized spacial score (nSPS) is 11.1. The molecule has 0 saturated carbocycles. The largest absolute Gasteiger partial charge is 0.444 e. The summed E-state index contributed by atoms with van der Waals surface area (Å²) in [5, 5.41) is 2.60. The minimum absolute atomic E-state index is 0.175. The van der Waals surface area contributed by atoms with Gasteiger partial charge in [-0.25, -0.2) is 14.8 Å². The number of nitrogens with one attached hydrogen (secondary N) is 1. The Kier molecular flexibility index (Phi) is 4.09. The number of halogens is 2. The summed E-state index contributed by atoms with van der Waals surface area (Å²) in [4.78, 5) is 19.1. The molecule has 0 fully saturated rings. The average molecular weight is 309 g/mol. The first kappa shape index (κ1) is 13.2. The highest BCUT2D eigenvalue weighted by atomic mass is 79.9. The third-order valence-corrected chi connectivity index (χ3v) is 2.39. The molecule has 1 aromatic rings. The molecule has 0 bridgehead atoms. The van der Waals surface area contributed by atoms with E-state index in [1.807, 2.05) is 0 Å². The smallest absolute Gasteiger partial charge is 0.413 e. The van der Waals surface area contributed by atoms with Crippen molar-refractivity contribution in [3.05, 3.63) is 16.0 Å². The SMILES string of the molecule is CC(C)(C)OC(=O)Nc1cnc(Br)c(Cl)n1. The molecule has 1 heterocycles. The van der Waals surface area contributed by atoms with Crippen molar-refractivity contribution in [3.63, 3.8) is 0 Å². The monoisotopic (exact) mass is 307 g/mol. The van der Waals surface area contributed by atoms with Crippen LogP contribution in [0.15, 0.2) is 10.8 Å². The van der Waals surface area contributed by atoms with Gasteiger partial charge in [-0.15, -0.1) is 0 Å². The Bertz CT molecular complexity index is 406. The van der Waals surface area contributed by atoms with Crippen molar-refractivity contribution in [2.24, 2.45) is 0 Å². The molecule has 0 aliphatic carbocycles. The molecule has 88 valence electrons. The van der Waals surface area contributed by atoms with Crippen molar-refractivity contribution in [1.29, 1.82) is 0 Å². The van der Waals surface area contributed by atoms with Crippen molar-refractivity contribution in [2.45, 2.75) is 26.4 Å². The number of carbonyl (C=O) groups excluding carboxylic acids is 1. The van der Waals surface area contributed by atoms with Crippen LogP contribution < -0.4 is 5.32 Å². The van der Waals surface area contributed by atoms with Gasteiger partial charge >= 0.3 is 6.09 Å². The molecule has 0 aromatic carbocycles. The molecule has 1 N–H and O–H groups in total. The van der Waals surface area contributed by atoms with Gasteiger partial charge in [-0.3, -0.25) is 5.32 Å². The molecule has 1 amide bonds. The second kappa shape index (κ2) is 4.97. The first-order valence-electron chi connectivity index (χ1n) is 4.46. The fourth-order valence-corrected chi connectivity index (χ4v) is 1.15. The molecule has 0 saturated heterocycles. The van der Waals surface area contributed by atoms with E-state index in [0.717, 1.165) is 0 Å². The summed E-state index contributed by atoms with van der Waals surface area (Å²) in [6.07, 6.45) is 0.778. The van der Waals surface area contributed by atoms with Gasteiger partial charge in [0.1, 0.15) is 10.2 Å². The highest BCUT2D eigenvalue weighted by Gasteiger charge is 2.16. The minimum atomic E-state index is -0.597. The summed E-state index contributed by atoms with van der Waals surface area (Å²) in [6, 6.07) is 0. The maximum Gasteiger partial charge on any atom is 0.413 e. The van der Waals surface area contributed by atoms with Crippen LogP contribution in [-0.4, -0.2) is 21.7 Å². The average Bonchev–Trinajstić information content (AvgIpc) is 2.08. The van der Waals surface area contributed by atoms with Gasteiger partial charge in [0.25, 0.3) is 0 Å². The van der Waals surface area contributed by atoms with Crippen LogP contribution in [0.5, 0.6) is 0 Å². The summed E-state index contributed by atoms with van der Waals surface area (Å²) in [5.74, 6) is 0.238. The summed E-state index contributed by atoms with van der Waals surface area (Å²) in [6.45, 7) is 5.31. The number of rotatable bonds is 1. The molecule has 1 rings (SSSR count). The number of anilines is 1. The Morgan fingerprint density at radius 3 is 2.69 bits per heavy atom. The Labute approximate surface area is 107 Å². The maximum atomic E-state index is 11.4. The minimum Gasteiger partial charge on any atom is -0.444 e. The zero-order chi connectivity index (χ0) is 12.3. The lowest BCUT2D eigenvalue weighted by atomic mass is 10.2. The quantitative estimate of drug-likeness (QED) is 0.865. The van der Waals surface area contributed by atoms with Crippen molar-refractivity contribution in [2.75, 3.05) is 5.32 Å². The van der Waals surface area contributed by atoms with Crippen LogP contribution in [0.4, 0.5) is 10.6 Å². The highest BCUT2D eigenvalue weighted by Crippen LogP contribution is 2.19. The Balaban J connectivity index is 2.67. The maximum absolute atomic E-state index is 11.4. The van der Waals surface area contributed by atoms with E-state index in [2.05, 4.69) is 31.2 Å². The van der Waals surface area contributed by atoms with Crippen LogP contribution in [0, 0.1) is 0 Å². The van der Waals surface area contributed by atoms with Gasteiger partial charge in [-0.1, -0.05) is 11.6 Å². The van der Waals surface area contributed by atoms with Gasteiger partial charge in [-0.2, -0.15) is 0 Å². The third kappa shape index (κ3) is 4.32. The van der Waals surface area contributed by atoms with E-state index in [-0.39, 0.29) is 11.0 Å². The summed E-state index contributed by atoms with van der Waals surface area (Å²) < 4.78 is 5.46. The number of ether oxygens (including phenoxy) is 1. The van der Waals surface area contributed by atoms with E-state index >= 15 is 0 Å². The van der Waals surface area contributed by atoms with Gasteiger partial charge < -0.3 is 4.74 Å². The molecule has 0 spiro atoms. The Morgan fingerprint density at radius 1 is 1.56 bits per heavy atom. The first-order chi connectivity index (χ1) is 7.28. The topological polar surface area (TPSA) is 64.1 Å². The molecule has 0 radical (unpaired) electrons. The van der Waals surface area contributed by atoms with Crippen LogP contribution in [0.25, 0.3) is 0 Å². The zero-order valence-electron chi connectivity index (χ0n) is 9.04. The van der Waals surface area contributed by atoms with Crippen LogP contribution >= 0.6 is 27.5 Å². The van der Waals surface area contributed by atoms with E-state index in [9.17, 15) is 4.79 Å².